The molecule has 0 spiro atoms. The van der Waals surface area contributed by atoms with E-state index in [1.54, 1.807) is 20.8 Å². The lowest BCUT2D eigenvalue weighted by molar-refractivity contribution is 0.0192. The normalized spacial score (nSPS) is 16.7. The van der Waals surface area contributed by atoms with Crippen LogP contribution >= 0.6 is 0 Å². The first-order chi connectivity index (χ1) is 11.4. The van der Waals surface area contributed by atoms with Crippen LogP contribution in [0.3, 0.4) is 0 Å². The highest BCUT2D eigenvalue weighted by Crippen LogP contribution is 2.22. The van der Waals surface area contributed by atoms with Gasteiger partial charge >= 0.3 is 12.1 Å². The molecule has 1 saturated heterocycles. The third-order valence-electron chi connectivity index (χ3n) is 3.60. The van der Waals surface area contributed by atoms with Crippen molar-refractivity contribution in [1.82, 2.24) is 19.4 Å². The van der Waals surface area contributed by atoms with Gasteiger partial charge in [0.25, 0.3) is 10.0 Å². The average Bonchev–Trinajstić information content (AvgIpc) is 2.88. The summed E-state index contributed by atoms with van der Waals surface area (Å²) in [7, 11) is -4.07. The van der Waals surface area contributed by atoms with Crippen molar-refractivity contribution in [2.45, 2.75) is 38.3 Å². The van der Waals surface area contributed by atoms with Crippen LogP contribution in [0.25, 0.3) is 0 Å². The van der Waals surface area contributed by atoms with Gasteiger partial charge in [0.1, 0.15) is 11.2 Å². The van der Waals surface area contributed by atoms with E-state index in [0.29, 0.717) is 0 Å². The fraction of sp³-hybridized carbons (Fsp3) is 0.643. The number of carbonyl (C=O) groups excluding carboxylic acids is 1. The van der Waals surface area contributed by atoms with Gasteiger partial charge in [0.15, 0.2) is 0 Å². The smallest absolute Gasteiger partial charge is 0.410 e. The number of aryl methyl sites for hydroxylation is 1. The minimum Gasteiger partial charge on any atom is -0.478 e. The zero-order valence-corrected chi connectivity index (χ0v) is 15.4. The fourth-order valence-corrected chi connectivity index (χ4v) is 3.95. The van der Waals surface area contributed by atoms with Crippen molar-refractivity contribution in [3.8, 4) is 0 Å². The van der Waals surface area contributed by atoms with E-state index >= 15 is 0 Å². The Balaban J connectivity index is 2.12. The summed E-state index contributed by atoms with van der Waals surface area (Å²) in [6, 6.07) is 0. The van der Waals surface area contributed by atoms with Gasteiger partial charge in [-0.25, -0.2) is 18.0 Å². The summed E-state index contributed by atoms with van der Waals surface area (Å²) in [5.74, 6) is -1.36. The molecule has 1 aromatic rings. The molecule has 0 atom stereocenters. The van der Waals surface area contributed by atoms with Crippen molar-refractivity contribution in [2.24, 2.45) is 0 Å². The highest BCUT2D eigenvalue weighted by Gasteiger charge is 2.36. The molecule has 2 heterocycles. The molecule has 25 heavy (non-hydrogen) atoms. The Morgan fingerprint density at radius 3 is 2.24 bits per heavy atom. The number of hydrogen-bond donors (Lipinski definition) is 2. The molecule has 1 fully saturated rings. The molecule has 2 rings (SSSR count). The van der Waals surface area contributed by atoms with Crippen LogP contribution in [-0.2, 0) is 14.8 Å². The zero-order valence-electron chi connectivity index (χ0n) is 14.6. The maximum absolute atomic E-state index is 12.7. The maximum atomic E-state index is 12.7. The van der Waals surface area contributed by atoms with Gasteiger partial charge in [0.05, 0.1) is 0 Å². The van der Waals surface area contributed by atoms with Crippen LogP contribution in [0.5, 0.6) is 0 Å². The van der Waals surface area contributed by atoms with E-state index in [4.69, 9.17) is 4.74 Å². The molecule has 11 heteroatoms. The molecular formula is C14H22N4O6S. The predicted molar refractivity (Wildman–Crippen MR) is 86.8 cm³/mol. The Hall–Kier alpha value is -2.14. The minimum atomic E-state index is -4.07. The number of aromatic amines is 1. The molecule has 0 saturated carbocycles. The van der Waals surface area contributed by atoms with E-state index in [1.165, 1.54) is 11.8 Å². The van der Waals surface area contributed by atoms with E-state index in [-0.39, 0.29) is 37.4 Å². The number of nitrogens with one attached hydrogen (secondary N) is 1. The Labute approximate surface area is 145 Å². The van der Waals surface area contributed by atoms with Crippen molar-refractivity contribution in [2.75, 3.05) is 26.2 Å². The summed E-state index contributed by atoms with van der Waals surface area (Å²) >= 11 is 0. The van der Waals surface area contributed by atoms with Gasteiger partial charge < -0.3 is 14.7 Å². The van der Waals surface area contributed by atoms with Crippen LogP contribution in [-0.4, -0.2) is 76.8 Å². The molecule has 1 aromatic heterocycles. The molecule has 2 N–H and O–H groups in total. The first-order valence-corrected chi connectivity index (χ1v) is 9.14. The highest BCUT2D eigenvalue weighted by molar-refractivity contribution is 7.89. The summed E-state index contributed by atoms with van der Waals surface area (Å²) in [6.45, 7) is 7.06. The molecule has 0 aliphatic carbocycles. The number of carboxylic acid groups (broad SMARTS) is 1. The second-order valence-corrected chi connectivity index (χ2v) is 8.56. The summed E-state index contributed by atoms with van der Waals surface area (Å²) < 4.78 is 31.7. The summed E-state index contributed by atoms with van der Waals surface area (Å²) in [4.78, 5) is 24.7. The Morgan fingerprint density at radius 2 is 1.76 bits per heavy atom. The molecule has 1 amide bonds. The lowest BCUT2D eigenvalue weighted by Crippen LogP contribution is -2.51. The summed E-state index contributed by atoms with van der Waals surface area (Å²) in [5.41, 5.74) is -0.837. The SMILES string of the molecule is Cc1[nH]nc(S(=O)(=O)N2CCN(C(=O)OC(C)(C)C)CC2)c1C(=O)O. The summed E-state index contributed by atoms with van der Waals surface area (Å²) in [6.07, 6.45) is -0.508. The van der Waals surface area contributed by atoms with Gasteiger partial charge in [-0.15, -0.1) is 0 Å². The molecule has 0 bridgehead atoms. The van der Waals surface area contributed by atoms with Gasteiger partial charge in [-0.3, -0.25) is 5.10 Å². The Kier molecular flexibility index (Phi) is 5.09. The maximum Gasteiger partial charge on any atom is 0.410 e. The number of aromatic carboxylic acids is 1. The lowest BCUT2D eigenvalue weighted by atomic mass is 10.2. The second kappa shape index (κ2) is 6.64. The number of carbonyl (C=O) groups is 2. The van der Waals surface area contributed by atoms with Crippen LogP contribution in [0, 0.1) is 6.92 Å². The van der Waals surface area contributed by atoms with Crippen LogP contribution in [0.4, 0.5) is 4.79 Å². The third-order valence-corrected chi connectivity index (χ3v) is 5.43. The Bertz CT molecular complexity index is 772. The van der Waals surface area contributed by atoms with Gasteiger partial charge in [-0.1, -0.05) is 0 Å². The van der Waals surface area contributed by atoms with Crippen molar-refractivity contribution in [3.63, 3.8) is 0 Å². The molecule has 1 aliphatic rings. The van der Waals surface area contributed by atoms with Crippen LogP contribution < -0.4 is 0 Å². The predicted octanol–water partition coefficient (Wildman–Crippen LogP) is 0.658. The third kappa shape index (κ3) is 4.10. The number of amides is 1. The number of carboxylic acids is 1. The first kappa shape index (κ1) is 19.2. The van der Waals surface area contributed by atoms with Crippen molar-refractivity contribution < 1.29 is 27.9 Å². The van der Waals surface area contributed by atoms with Crippen molar-refractivity contribution in [1.29, 1.82) is 0 Å². The van der Waals surface area contributed by atoms with Gasteiger partial charge in [0.2, 0.25) is 5.03 Å². The second-order valence-electron chi connectivity index (χ2n) is 6.71. The number of rotatable bonds is 3. The number of sulfonamides is 1. The van der Waals surface area contributed by atoms with E-state index < -0.39 is 32.7 Å². The van der Waals surface area contributed by atoms with Crippen LogP contribution in [0.15, 0.2) is 5.03 Å². The summed E-state index contributed by atoms with van der Waals surface area (Å²) in [5, 5.41) is 14.7. The number of piperazine rings is 1. The number of nitrogens with zero attached hydrogens (tertiary/aromatic N) is 3. The van der Waals surface area contributed by atoms with E-state index in [1.807, 2.05) is 0 Å². The molecule has 0 aromatic carbocycles. The van der Waals surface area contributed by atoms with Crippen molar-refractivity contribution >= 4 is 22.1 Å². The molecule has 0 radical (unpaired) electrons. The Morgan fingerprint density at radius 1 is 1.20 bits per heavy atom. The van der Waals surface area contributed by atoms with Gasteiger partial charge in [-0.05, 0) is 27.7 Å². The number of hydrogen-bond acceptors (Lipinski definition) is 6. The monoisotopic (exact) mass is 374 g/mol. The average molecular weight is 374 g/mol. The lowest BCUT2D eigenvalue weighted by Gasteiger charge is -2.34. The largest absolute Gasteiger partial charge is 0.478 e. The molecule has 10 nitrogen and oxygen atoms in total. The number of aromatic nitrogens is 2. The topological polar surface area (TPSA) is 133 Å². The number of H-pyrrole nitrogens is 1. The minimum absolute atomic E-state index is 0.0343. The van der Waals surface area contributed by atoms with Crippen LogP contribution in [0.2, 0.25) is 0 Å². The molecular weight excluding hydrogens is 352 g/mol. The highest BCUT2D eigenvalue weighted by atomic mass is 32.2. The molecule has 140 valence electrons. The quantitative estimate of drug-likeness (QED) is 0.794. The van der Waals surface area contributed by atoms with Gasteiger partial charge in [0, 0.05) is 31.9 Å². The van der Waals surface area contributed by atoms with E-state index in [2.05, 4.69) is 10.2 Å². The standard InChI is InChI=1S/C14H22N4O6S/c1-9-10(12(19)20)11(16-15-9)25(22,23)18-7-5-17(6-8-18)13(21)24-14(2,3)4/h5-8H2,1-4H3,(H,15,16)(H,19,20). The zero-order chi connectivity index (χ0) is 19.0. The van der Waals surface area contributed by atoms with Gasteiger partial charge in [-0.2, -0.15) is 9.40 Å². The van der Waals surface area contributed by atoms with E-state index in [9.17, 15) is 23.1 Å². The van der Waals surface area contributed by atoms with Crippen LogP contribution in [0.1, 0.15) is 36.8 Å². The fourth-order valence-electron chi connectivity index (χ4n) is 2.41. The first-order valence-electron chi connectivity index (χ1n) is 7.70. The molecule has 1 aliphatic heterocycles. The molecule has 0 unspecified atom stereocenters. The van der Waals surface area contributed by atoms with Crippen molar-refractivity contribution in [3.05, 3.63) is 11.3 Å². The van der Waals surface area contributed by atoms with E-state index in [0.717, 1.165) is 4.31 Å². The number of ether oxygens (including phenoxy) is 1.